The van der Waals surface area contributed by atoms with E-state index in [0.717, 1.165) is 6.42 Å². The van der Waals surface area contributed by atoms with Gasteiger partial charge in [0, 0.05) is 32.1 Å². The summed E-state index contributed by atoms with van der Waals surface area (Å²) >= 11 is 0. The van der Waals surface area contributed by atoms with Gasteiger partial charge in [-0.1, -0.05) is 34.6 Å². The van der Waals surface area contributed by atoms with Crippen LogP contribution in [0, 0.1) is 0 Å². The summed E-state index contributed by atoms with van der Waals surface area (Å²) in [6.07, 6.45) is 1.91. The van der Waals surface area contributed by atoms with Crippen molar-refractivity contribution in [3.63, 3.8) is 0 Å². The topological polar surface area (TPSA) is 186 Å². The first-order chi connectivity index (χ1) is 11.9. The minimum absolute atomic E-state index is 0.222. The van der Waals surface area contributed by atoms with Crippen LogP contribution in [-0.4, -0.2) is 55.4 Å². The Labute approximate surface area is 153 Å². The molecule has 0 radical (unpaired) electrons. The van der Waals surface area contributed by atoms with Crippen molar-refractivity contribution in [1.29, 1.82) is 0 Å². The Morgan fingerprint density at radius 3 is 0.615 bits per heavy atom. The Morgan fingerprint density at radius 1 is 0.462 bits per heavy atom. The second-order valence-corrected chi connectivity index (χ2v) is 4.13. The van der Waals surface area contributed by atoms with Crippen LogP contribution in [0.1, 0.15) is 73.1 Å². The van der Waals surface area contributed by atoms with Crippen LogP contribution in [0.25, 0.3) is 0 Å². The van der Waals surface area contributed by atoms with Gasteiger partial charge in [0.1, 0.15) is 0 Å². The van der Waals surface area contributed by atoms with Crippen molar-refractivity contribution >= 4 is 29.8 Å². The summed E-state index contributed by atoms with van der Waals surface area (Å²) in [6, 6.07) is 0. The van der Waals surface area contributed by atoms with E-state index in [2.05, 4.69) is 0 Å². The Kier molecular flexibility index (Phi) is 40.3. The summed E-state index contributed by atoms with van der Waals surface area (Å²) in [4.78, 5) is 47.1. The number of carboxylic acids is 5. The third kappa shape index (κ3) is 127. The first-order valence-corrected chi connectivity index (χ1v) is 7.94. The number of rotatable bonds is 6. The molecule has 0 aromatic rings. The van der Waals surface area contributed by atoms with E-state index in [0.29, 0.717) is 6.42 Å². The Morgan fingerprint density at radius 2 is 0.615 bits per heavy atom. The van der Waals surface area contributed by atoms with Gasteiger partial charge in [-0.25, -0.2) is 0 Å². The molecule has 0 aromatic carbocycles. The van der Waals surface area contributed by atoms with Crippen LogP contribution in [-0.2, 0) is 24.0 Å². The normalized spacial score (nSPS) is 7.58. The zero-order valence-corrected chi connectivity index (χ0v) is 16.0. The summed E-state index contributed by atoms with van der Waals surface area (Å²) < 4.78 is 0. The molecule has 0 aliphatic carbocycles. The molecule has 0 rings (SSSR count). The van der Waals surface area contributed by atoms with Gasteiger partial charge in [-0.05, 0) is 6.42 Å². The van der Waals surface area contributed by atoms with Crippen molar-refractivity contribution < 1.29 is 49.5 Å². The molecule has 0 atom stereocenters. The van der Waals surface area contributed by atoms with Gasteiger partial charge in [0.15, 0.2) is 0 Å². The van der Waals surface area contributed by atoms with Crippen LogP contribution in [0.4, 0.5) is 0 Å². The molecule has 156 valence electrons. The van der Waals surface area contributed by atoms with Crippen molar-refractivity contribution in [1.82, 2.24) is 0 Å². The molecule has 0 fully saturated rings. The van der Waals surface area contributed by atoms with E-state index in [1.807, 2.05) is 6.92 Å². The Balaban J connectivity index is -0.0000000708. The summed E-state index contributed by atoms with van der Waals surface area (Å²) in [5.41, 5.74) is 0. The van der Waals surface area contributed by atoms with Crippen LogP contribution < -0.4 is 0 Å². The van der Waals surface area contributed by atoms with Crippen LogP contribution >= 0.6 is 0 Å². The predicted octanol–water partition coefficient (Wildman–Crippen LogP) is 2.80. The Hall–Kier alpha value is -2.65. The number of hydrogen-bond donors (Lipinski definition) is 5. The lowest BCUT2D eigenvalue weighted by atomic mass is 10.4. The third-order valence-corrected chi connectivity index (χ3v) is 1.67. The fourth-order valence-electron chi connectivity index (χ4n) is 0.214. The average Bonchev–Trinajstić information content (AvgIpc) is 2.56. The second kappa shape index (κ2) is 30.3. The minimum Gasteiger partial charge on any atom is -0.481 e. The van der Waals surface area contributed by atoms with Crippen molar-refractivity contribution in [2.24, 2.45) is 0 Å². The highest BCUT2D eigenvalue weighted by molar-refractivity contribution is 5.67. The maximum Gasteiger partial charge on any atom is 0.303 e. The quantitative estimate of drug-likeness (QED) is 0.455. The van der Waals surface area contributed by atoms with Crippen LogP contribution in [0.2, 0.25) is 0 Å². The third-order valence-electron chi connectivity index (χ3n) is 1.67. The highest BCUT2D eigenvalue weighted by Crippen LogP contribution is 1.82. The molecule has 0 heterocycles. The first kappa shape index (κ1) is 34.6. The van der Waals surface area contributed by atoms with Gasteiger partial charge in [0.05, 0.1) is 0 Å². The molecular weight excluding hydrogens is 352 g/mol. The van der Waals surface area contributed by atoms with Gasteiger partial charge in [0.2, 0.25) is 0 Å². The fourth-order valence-corrected chi connectivity index (χ4v) is 0.214. The zero-order valence-electron chi connectivity index (χ0n) is 16.0. The summed E-state index contributed by atoms with van der Waals surface area (Å²) in [5.74, 6) is -3.69. The minimum atomic E-state index is -0.745. The van der Waals surface area contributed by atoms with Gasteiger partial charge in [-0.3, -0.25) is 24.0 Å². The van der Waals surface area contributed by atoms with Gasteiger partial charge in [-0.2, -0.15) is 0 Å². The second-order valence-electron chi connectivity index (χ2n) is 4.13. The van der Waals surface area contributed by atoms with E-state index in [4.69, 9.17) is 25.5 Å². The number of carboxylic acid groups (broad SMARTS) is 5. The molecule has 0 saturated heterocycles. The lowest BCUT2D eigenvalue weighted by molar-refractivity contribution is -0.138. The van der Waals surface area contributed by atoms with Gasteiger partial charge in [-0.15, -0.1) is 0 Å². The smallest absolute Gasteiger partial charge is 0.303 e. The molecule has 0 bridgehead atoms. The number of hydrogen-bond acceptors (Lipinski definition) is 5. The van der Waals surface area contributed by atoms with Crippen molar-refractivity contribution in [2.75, 3.05) is 0 Å². The summed E-state index contributed by atoms with van der Waals surface area (Å²) in [6.45, 7) is 8.24. The summed E-state index contributed by atoms with van der Waals surface area (Å²) in [5, 5.41) is 38.8. The lowest BCUT2D eigenvalue weighted by Crippen LogP contribution is -1.90. The molecule has 5 N–H and O–H groups in total. The van der Waals surface area contributed by atoms with Crippen LogP contribution in [0.5, 0.6) is 0 Å². The van der Waals surface area contributed by atoms with Gasteiger partial charge in [0.25, 0.3) is 0 Å². The molecule has 0 unspecified atom stereocenters. The number of carbonyl (C=O) groups is 5. The van der Waals surface area contributed by atoms with Crippen LogP contribution in [0.3, 0.4) is 0 Å². The first-order valence-electron chi connectivity index (χ1n) is 7.94. The monoisotopic (exact) mass is 384 g/mol. The lowest BCUT2D eigenvalue weighted by Gasteiger charge is -1.79. The zero-order chi connectivity index (χ0) is 22.1. The Bertz CT molecular complexity index is 321. The van der Waals surface area contributed by atoms with E-state index in [-0.39, 0.29) is 25.7 Å². The molecule has 0 aliphatic heterocycles. The molecule has 10 heteroatoms. The van der Waals surface area contributed by atoms with E-state index in [9.17, 15) is 24.0 Å². The molecule has 0 saturated carbocycles. The highest BCUT2D eigenvalue weighted by atomic mass is 16.4. The largest absolute Gasteiger partial charge is 0.481 e. The molecule has 0 spiro atoms. The molecule has 0 aliphatic rings. The molecule has 10 nitrogen and oxygen atoms in total. The maximum atomic E-state index is 9.60. The average molecular weight is 384 g/mol. The van der Waals surface area contributed by atoms with Gasteiger partial charge >= 0.3 is 29.8 Å². The molecule has 26 heavy (non-hydrogen) atoms. The maximum absolute atomic E-state index is 9.60. The summed E-state index contributed by atoms with van der Waals surface area (Å²) in [7, 11) is 0. The number of aliphatic carboxylic acids is 5. The fraction of sp³-hybridized carbons (Fsp3) is 0.688. The molecule has 0 aromatic heterocycles. The predicted molar refractivity (Wildman–Crippen MR) is 94.3 cm³/mol. The van der Waals surface area contributed by atoms with Crippen LogP contribution in [0.15, 0.2) is 0 Å². The standard InChI is InChI=1S/C4H8O2.4C3H6O2/c1-2-3-4(5)6;4*1-2-3(4)5/h2-3H2,1H3,(H,5,6);4*2H2,1H3,(H,4,5). The van der Waals surface area contributed by atoms with Crippen molar-refractivity contribution in [3.8, 4) is 0 Å². The van der Waals surface area contributed by atoms with E-state index in [1.165, 1.54) is 0 Å². The van der Waals surface area contributed by atoms with E-state index in [1.54, 1.807) is 27.7 Å². The van der Waals surface area contributed by atoms with E-state index < -0.39 is 29.8 Å². The molecular formula is C16H32O10. The molecule has 0 amide bonds. The SMILES string of the molecule is CCC(=O)O.CCC(=O)O.CCC(=O)O.CCC(=O)O.CCCC(=O)O. The van der Waals surface area contributed by atoms with E-state index >= 15 is 0 Å². The van der Waals surface area contributed by atoms with Gasteiger partial charge < -0.3 is 25.5 Å². The van der Waals surface area contributed by atoms with Crippen molar-refractivity contribution in [3.05, 3.63) is 0 Å². The van der Waals surface area contributed by atoms with Crippen molar-refractivity contribution in [2.45, 2.75) is 73.1 Å². The highest BCUT2D eigenvalue weighted by Gasteiger charge is 1.87.